The van der Waals surface area contributed by atoms with E-state index in [4.69, 9.17) is 20.9 Å². The third-order valence-corrected chi connectivity index (χ3v) is 4.54. The van der Waals surface area contributed by atoms with E-state index in [1.165, 1.54) is 0 Å². The quantitative estimate of drug-likeness (QED) is 0.752. The fourth-order valence-electron chi connectivity index (χ4n) is 2.92. The summed E-state index contributed by atoms with van der Waals surface area (Å²) in [5.74, 6) is 0.292. The molecule has 28 heavy (non-hydrogen) atoms. The van der Waals surface area contributed by atoms with E-state index in [1.54, 1.807) is 28.0 Å². The Morgan fingerprint density at radius 2 is 1.71 bits per heavy atom. The van der Waals surface area contributed by atoms with Crippen LogP contribution in [0.15, 0.2) is 34.9 Å². The third kappa shape index (κ3) is 5.04. The van der Waals surface area contributed by atoms with Crippen molar-refractivity contribution in [3.63, 3.8) is 0 Å². The first-order valence-corrected chi connectivity index (χ1v) is 9.60. The van der Waals surface area contributed by atoms with Gasteiger partial charge in [-0.05, 0) is 51.5 Å². The van der Waals surface area contributed by atoms with E-state index < -0.39 is 5.60 Å². The maximum absolute atomic E-state index is 12.8. The highest BCUT2D eigenvalue weighted by atomic mass is 35.5. The van der Waals surface area contributed by atoms with Gasteiger partial charge < -0.3 is 19.1 Å². The zero-order valence-electron chi connectivity index (χ0n) is 16.3. The Morgan fingerprint density at radius 1 is 1.07 bits per heavy atom. The fourth-order valence-corrected chi connectivity index (χ4v) is 3.04. The lowest BCUT2D eigenvalue weighted by molar-refractivity contribution is 0.0255. The lowest BCUT2D eigenvalue weighted by Gasteiger charge is -2.26. The normalized spacial score (nSPS) is 15.3. The topological polar surface area (TPSA) is 75.9 Å². The summed E-state index contributed by atoms with van der Waals surface area (Å²) in [4.78, 5) is 28.4. The first-order chi connectivity index (χ1) is 13.2. The summed E-state index contributed by atoms with van der Waals surface area (Å²) in [7, 11) is 0. The average Bonchev–Trinajstić information content (AvgIpc) is 2.98. The number of carbonyl (C=O) groups is 2. The molecule has 3 rings (SSSR count). The van der Waals surface area contributed by atoms with E-state index in [-0.39, 0.29) is 17.7 Å². The van der Waals surface area contributed by atoms with Crippen LogP contribution in [0.5, 0.6) is 0 Å². The van der Waals surface area contributed by atoms with Gasteiger partial charge in [0.15, 0.2) is 11.5 Å². The van der Waals surface area contributed by atoms with E-state index in [1.807, 2.05) is 32.9 Å². The Balaban J connectivity index is 1.64. The molecule has 1 aromatic carbocycles. The van der Waals surface area contributed by atoms with Gasteiger partial charge in [0, 0.05) is 42.8 Å². The summed E-state index contributed by atoms with van der Waals surface area (Å²) in [6.07, 6.45) is 0.320. The number of hydrogen-bond acceptors (Lipinski definition) is 5. The predicted molar refractivity (Wildman–Crippen MR) is 105 cm³/mol. The minimum absolute atomic E-state index is 0.213. The minimum Gasteiger partial charge on any atom is -0.444 e. The number of rotatable bonds is 2. The SMILES string of the molecule is CC(C)(C)OC(=O)N1CCCN(C(=O)c2cc(-c3ccc(Cl)cc3)on2)CC1. The molecular weight excluding hydrogens is 382 g/mol. The van der Waals surface area contributed by atoms with Crippen molar-refractivity contribution in [1.82, 2.24) is 15.0 Å². The lowest BCUT2D eigenvalue weighted by Crippen LogP contribution is -2.40. The van der Waals surface area contributed by atoms with Crippen molar-refractivity contribution in [1.29, 1.82) is 0 Å². The number of nitrogens with zero attached hydrogens (tertiary/aromatic N) is 3. The first kappa shape index (κ1) is 20.2. The van der Waals surface area contributed by atoms with E-state index in [0.29, 0.717) is 43.4 Å². The number of hydrogen-bond donors (Lipinski definition) is 0. The number of benzene rings is 1. The molecule has 0 N–H and O–H groups in total. The van der Waals surface area contributed by atoms with Gasteiger partial charge in [0.2, 0.25) is 0 Å². The van der Waals surface area contributed by atoms with Gasteiger partial charge in [-0.15, -0.1) is 0 Å². The van der Waals surface area contributed by atoms with Crippen LogP contribution in [-0.4, -0.2) is 58.7 Å². The Labute approximate surface area is 169 Å². The van der Waals surface area contributed by atoms with Gasteiger partial charge in [-0.1, -0.05) is 16.8 Å². The van der Waals surface area contributed by atoms with Gasteiger partial charge in [-0.2, -0.15) is 0 Å². The molecule has 0 unspecified atom stereocenters. The lowest BCUT2D eigenvalue weighted by atomic mass is 10.1. The molecule has 0 atom stereocenters. The van der Waals surface area contributed by atoms with Crippen LogP contribution in [0.1, 0.15) is 37.7 Å². The molecule has 1 saturated heterocycles. The smallest absolute Gasteiger partial charge is 0.410 e. The summed E-state index contributed by atoms with van der Waals surface area (Å²) >= 11 is 5.90. The number of amides is 2. The number of carbonyl (C=O) groups excluding carboxylic acids is 2. The third-order valence-electron chi connectivity index (χ3n) is 4.29. The highest BCUT2D eigenvalue weighted by Crippen LogP contribution is 2.23. The molecule has 150 valence electrons. The standard InChI is InChI=1S/C20H24ClN3O4/c1-20(2,3)27-19(26)24-10-4-9-23(11-12-24)18(25)16-13-17(28-22-16)14-5-7-15(21)8-6-14/h5-8,13H,4,9-12H2,1-3H3. The van der Waals surface area contributed by atoms with Crippen LogP contribution in [0.4, 0.5) is 4.79 Å². The summed E-state index contributed by atoms with van der Waals surface area (Å²) in [6.45, 7) is 7.43. The summed E-state index contributed by atoms with van der Waals surface area (Å²) in [6, 6.07) is 8.74. The zero-order valence-corrected chi connectivity index (χ0v) is 17.0. The highest BCUT2D eigenvalue weighted by molar-refractivity contribution is 6.30. The molecular formula is C20H24ClN3O4. The van der Waals surface area contributed by atoms with E-state index >= 15 is 0 Å². The monoisotopic (exact) mass is 405 g/mol. The van der Waals surface area contributed by atoms with Crippen molar-refractivity contribution < 1.29 is 18.8 Å². The molecule has 2 aromatic rings. The molecule has 2 amide bonds. The van der Waals surface area contributed by atoms with Crippen molar-refractivity contribution in [3.05, 3.63) is 41.0 Å². The van der Waals surface area contributed by atoms with Crippen molar-refractivity contribution in [2.75, 3.05) is 26.2 Å². The molecule has 0 radical (unpaired) electrons. The molecule has 0 aliphatic carbocycles. The Hall–Kier alpha value is -2.54. The van der Waals surface area contributed by atoms with Crippen molar-refractivity contribution >= 4 is 23.6 Å². The number of halogens is 1. The Morgan fingerprint density at radius 3 is 2.39 bits per heavy atom. The number of aromatic nitrogens is 1. The van der Waals surface area contributed by atoms with Crippen LogP contribution >= 0.6 is 11.6 Å². The molecule has 1 aromatic heterocycles. The molecule has 0 spiro atoms. The van der Waals surface area contributed by atoms with Crippen molar-refractivity contribution in [2.45, 2.75) is 32.8 Å². The van der Waals surface area contributed by atoms with Crippen LogP contribution in [0.2, 0.25) is 5.02 Å². The van der Waals surface area contributed by atoms with Crippen molar-refractivity contribution in [2.24, 2.45) is 0 Å². The van der Waals surface area contributed by atoms with Gasteiger partial charge in [-0.3, -0.25) is 4.79 Å². The van der Waals surface area contributed by atoms with Crippen LogP contribution < -0.4 is 0 Å². The largest absolute Gasteiger partial charge is 0.444 e. The van der Waals surface area contributed by atoms with Crippen LogP contribution in [0.3, 0.4) is 0 Å². The Bertz CT molecular complexity index is 842. The van der Waals surface area contributed by atoms with Gasteiger partial charge in [0.25, 0.3) is 5.91 Å². The second-order valence-corrected chi connectivity index (χ2v) is 8.13. The molecule has 0 saturated carbocycles. The van der Waals surface area contributed by atoms with Crippen LogP contribution in [0.25, 0.3) is 11.3 Å². The van der Waals surface area contributed by atoms with E-state index in [9.17, 15) is 9.59 Å². The fraction of sp³-hybridized carbons (Fsp3) is 0.450. The van der Waals surface area contributed by atoms with Crippen LogP contribution in [-0.2, 0) is 4.74 Å². The molecule has 8 heteroatoms. The highest BCUT2D eigenvalue weighted by Gasteiger charge is 2.27. The summed E-state index contributed by atoms with van der Waals surface area (Å²) in [5, 5.41) is 4.54. The second-order valence-electron chi connectivity index (χ2n) is 7.70. The van der Waals surface area contributed by atoms with Crippen LogP contribution in [0, 0.1) is 0 Å². The summed E-state index contributed by atoms with van der Waals surface area (Å²) < 4.78 is 10.7. The zero-order chi connectivity index (χ0) is 20.3. The molecule has 1 aliphatic heterocycles. The molecule has 0 bridgehead atoms. The van der Waals surface area contributed by atoms with E-state index in [2.05, 4.69) is 5.16 Å². The molecule has 1 fully saturated rings. The predicted octanol–water partition coefficient (Wildman–Crippen LogP) is 4.08. The van der Waals surface area contributed by atoms with Gasteiger partial charge in [-0.25, -0.2) is 4.79 Å². The number of ether oxygens (including phenoxy) is 1. The first-order valence-electron chi connectivity index (χ1n) is 9.23. The Kier molecular flexibility index (Phi) is 5.93. The maximum Gasteiger partial charge on any atom is 0.410 e. The van der Waals surface area contributed by atoms with Gasteiger partial charge in [0.05, 0.1) is 0 Å². The molecule has 2 heterocycles. The van der Waals surface area contributed by atoms with E-state index in [0.717, 1.165) is 5.56 Å². The minimum atomic E-state index is -0.544. The van der Waals surface area contributed by atoms with Gasteiger partial charge in [0.1, 0.15) is 5.60 Å². The second kappa shape index (κ2) is 8.22. The molecule has 7 nitrogen and oxygen atoms in total. The van der Waals surface area contributed by atoms with Gasteiger partial charge >= 0.3 is 6.09 Å². The van der Waals surface area contributed by atoms with Crippen molar-refractivity contribution in [3.8, 4) is 11.3 Å². The summed E-state index contributed by atoms with van der Waals surface area (Å²) in [5.41, 5.74) is 0.496. The molecule has 1 aliphatic rings. The average molecular weight is 406 g/mol. The maximum atomic E-state index is 12.8.